The fourth-order valence-corrected chi connectivity index (χ4v) is 7.50. The lowest BCUT2D eigenvalue weighted by molar-refractivity contribution is 0.00900. The molecule has 1 amide bonds. The highest BCUT2D eigenvalue weighted by molar-refractivity contribution is 6.35. The number of halogens is 3. The van der Waals surface area contributed by atoms with E-state index >= 15 is 0 Å². The van der Waals surface area contributed by atoms with Crippen LogP contribution in [-0.4, -0.2) is 10.8 Å². The lowest BCUT2D eigenvalue weighted by Crippen LogP contribution is -2.55. The average Bonchev–Trinajstić information content (AvgIpc) is 2.59. The van der Waals surface area contributed by atoms with Gasteiger partial charge in [-0.05, 0) is 91.7 Å². The van der Waals surface area contributed by atoms with E-state index in [0.717, 1.165) is 23.9 Å². The molecule has 0 unspecified atom stereocenters. The number of benzene rings is 2. The summed E-state index contributed by atoms with van der Waals surface area (Å²) in [4.78, 5) is 12.5. The third kappa shape index (κ3) is 3.34. The van der Waals surface area contributed by atoms with E-state index in [1.54, 1.807) is 18.2 Å². The molecular weight excluding hydrogens is 413 g/mol. The molecule has 0 aliphatic heterocycles. The van der Waals surface area contributed by atoms with Crippen LogP contribution in [0.3, 0.4) is 0 Å². The maximum Gasteiger partial charge on any atom is 0.255 e. The number of nitrogens with one attached hydrogen (secondary N) is 1. The smallest absolute Gasteiger partial charge is 0.255 e. The first-order chi connectivity index (χ1) is 13.3. The Kier molecular flexibility index (Phi) is 4.46. The predicted molar refractivity (Wildman–Crippen MR) is 116 cm³/mol. The molecule has 2 nitrogen and oxygen atoms in total. The van der Waals surface area contributed by atoms with Gasteiger partial charge in [0.2, 0.25) is 0 Å². The number of hydrogen-bond acceptors (Lipinski definition) is 1. The molecule has 2 aromatic carbocycles. The zero-order valence-electron chi connectivity index (χ0n) is 15.5. The highest BCUT2D eigenvalue weighted by atomic mass is 35.5. The molecule has 0 heterocycles. The number of rotatable bonds is 3. The van der Waals surface area contributed by atoms with Crippen molar-refractivity contribution in [3.8, 4) is 0 Å². The molecule has 4 fully saturated rings. The number of amides is 1. The van der Waals surface area contributed by atoms with Crippen LogP contribution in [-0.2, 0) is 5.41 Å². The summed E-state index contributed by atoms with van der Waals surface area (Å²) in [7, 11) is 0. The van der Waals surface area contributed by atoms with Crippen LogP contribution in [0.15, 0.2) is 42.5 Å². The van der Waals surface area contributed by atoms with E-state index in [4.69, 9.17) is 34.8 Å². The van der Waals surface area contributed by atoms with Crippen LogP contribution >= 0.6 is 34.8 Å². The lowest BCUT2D eigenvalue weighted by atomic mass is 9.47. The highest BCUT2D eigenvalue weighted by Crippen LogP contribution is 2.64. The van der Waals surface area contributed by atoms with Crippen molar-refractivity contribution >= 4 is 46.4 Å². The van der Waals surface area contributed by atoms with Crippen LogP contribution in [0.2, 0.25) is 10.0 Å². The van der Waals surface area contributed by atoms with Gasteiger partial charge in [0.25, 0.3) is 5.91 Å². The van der Waals surface area contributed by atoms with Gasteiger partial charge in [0.15, 0.2) is 0 Å². The summed E-state index contributed by atoms with van der Waals surface area (Å²) in [6.45, 7) is 0. The van der Waals surface area contributed by atoms with Crippen molar-refractivity contribution < 1.29 is 4.79 Å². The van der Waals surface area contributed by atoms with Gasteiger partial charge in [-0.25, -0.2) is 0 Å². The minimum Gasteiger partial charge on any atom is -0.322 e. The second-order valence-electron chi connectivity index (χ2n) is 9.08. The quantitative estimate of drug-likeness (QED) is 0.514. The van der Waals surface area contributed by atoms with Crippen LogP contribution in [0.1, 0.15) is 54.4 Å². The van der Waals surface area contributed by atoms with Crippen molar-refractivity contribution in [3.05, 3.63) is 63.6 Å². The molecule has 146 valence electrons. The van der Waals surface area contributed by atoms with Crippen molar-refractivity contribution in [1.82, 2.24) is 0 Å². The Morgan fingerprint density at radius 2 is 1.54 bits per heavy atom. The van der Waals surface area contributed by atoms with Crippen molar-refractivity contribution in [2.45, 2.75) is 48.8 Å². The summed E-state index contributed by atoms with van der Waals surface area (Å²) in [5.74, 6) is 1.32. The number of hydrogen-bond donors (Lipinski definition) is 1. The van der Waals surface area contributed by atoms with Crippen LogP contribution < -0.4 is 5.32 Å². The van der Waals surface area contributed by atoms with Crippen molar-refractivity contribution in [2.24, 2.45) is 11.8 Å². The van der Waals surface area contributed by atoms with Gasteiger partial charge < -0.3 is 5.32 Å². The topological polar surface area (TPSA) is 29.1 Å². The van der Waals surface area contributed by atoms with E-state index in [2.05, 4.69) is 17.4 Å². The Bertz CT molecular complexity index is 905. The van der Waals surface area contributed by atoms with Crippen LogP contribution in [0.5, 0.6) is 0 Å². The van der Waals surface area contributed by atoms with Crippen LogP contribution in [0, 0.1) is 11.8 Å². The fourth-order valence-electron chi connectivity index (χ4n) is 6.28. The lowest BCUT2D eigenvalue weighted by Gasteiger charge is -2.60. The first kappa shape index (κ1) is 18.8. The summed E-state index contributed by atoms with van der Waals surface area (Å²) in [6, 6.07) is 13.2. The molecule has 4 aliphatic rings. The molecule has 2 aromatic rings. The second-order valence-corrected chi connectivity index (χ2v) is 10.8. The summed E-state index contributed by atoms with van der Waals surface area (Å²) < 4.78 is 0. The van der Waals surface area contributed by atoms with E-state index in [1.165, 1.54) is 37.7 Å². The van der Waals surface area contributed by atoms with Gasteiger partial charge in [0, 0.05) is 26.2 Å². The van der Waals surface area contributed by atoms with E-state index < -0.39 is 0 Å². The Hall–Kier alpha value is -1.22. The average molecular weight is 435 g/mol. The van der Waals surface area contributed by atoms with Crippen molar-refractivity contribution in [3.63, 3.8) is 0 Å². The van der Waals surface area contributed by atoms with Crippen molar-refractivity contribution in [2.75, 3.05) is 5.32 Å². The van der Waals surface area contributed by atoms with Gasteiger partial charge in [-0.1, -0.05) is 35.3 Å². The molecule has 5 heteroatoms. The zero-order chi connectivity index (χ0) is 19.5. The molecular formula is C23H22Cl3NO. The molecule has 4 bridgehead atoms. The molecule has 0 spiro atoms. The highest BCUT2D eigenvalue weighted by Gasteiger charge is 2.57. The van der Waals surface area contributed by atoms with Gasteiger partial charge in [0.05, 0.1) is 0 Å². The van der Waals surface area contributed by atoms with Gasteiger partial charge in [-0.3, -0.25) is 4.79 Å². The molecule has 0 saturated heterocycles. The molecule has 0 radical (unpaired) electrons. The normalized spacial score (nSPS) is 33.1. The fraction of sp³-hybridized carbons (Fsp3) is 0.435. The number of carbonyl (C=O) groups excluding carboxylic acids is 1. The van der Waals surface area contributed by atoms with E-state index in [1.807, 2.05) is 12.1 Å². The Balaban J connectivity index is 1.36. The summed E-state index contributed by atoms with van der Waals surface area (Å²) in [5, 5.41) is 3.84. The Morgan fingerprint density at radius 3 is 2.11 bits per heavy atom. The summed E-state index contributed by atoms with van der Waals surface area (Å²) >= 11 is 19.0. The van der Waals surface area contributed by atoms with Crippen LogP contribution in [0.25, 0.3) is 0 Å². The van der Waals surface area contributed by atoms with E-state index in [9.17, 15) is 4.79 Å². The maximum absolute atomic E-state index is 12.5. The Labute approximate surface area is 180 Å². The molecule has 2 atom stereocenters. The molecule has 4 aliphatic carbocycles. The number of carbonyl (C=O) groups is 1. The third-order valence-corrected chi connectivity index (χ3v) is 7.75. The van der Waals surface area contributed by atoms with Gasteiger partial charge in [-0.15, -0.1) is 11.6 Å². The van der Waals surface area contributed by atoms with Crippen molar-refractivity contribution in [1.29, 1.82) is 0 Å². The first-order valence-corrected chi connectivity index (χ1v) is 11.0. The molecule has 6 rings (SSSR count). The summed E-state index contributed by atoms with van der Waals surface area (Å²) in [5.41, 5.74) is 2.81. The predicted octanol–water partition coefficient (Wildman–Crippen LogP) is 7.07. The molecule has 0 aromatic heterocycles. The van der Waals surface area contributed by atoms with Crippen LogP contribution in [0.4, 0.5) is 5.69 Å². The van der Waals surface area contributed by atoms with E-state index in [0.29, 0.717) is 15.6 Å². The molecule has 28 heavy (non-hydrogen) atoms. The maximum atomic E-state index is 12.5. The van der Waals surface area contributed by atoms with Gasteiger partial charge in [-0.2, -0.15) is 0 Å². The molecule has 1 N–H and O–H groups in total. The van der Waals surface area contributed by atoms with Gasteiger partial charge in [0.1, 0.15) is 0 Å². The number of alkyl halides is 1. The standard InChI is InChI=1S/C23H22Cl3NO/c24-18-6-16(7-19(25)8-18)21(28)27-20-3-1-17(2-4-20)22-9-14-5-15(10-22)12-23(26,11-14)13-22/h1-4,6-8,14-15H,5,9-13H2,(H,27,28)/t14-,15-,22?,23?/m1/s1. The monoisotopic (exact) mass is 433 g/mol. The third-order valence-electron chi connectivity index (χ3n) is 6.87. The Morgan fingerprint density at radius 1 is 0.929 bits per heavy atom. The minimum atomic E-state index is -0.216. The summed E-state index contributed by atoms with van der Waals surface area (Å²) in [6.07, 6.45) is 7.31. The van der Waals surface area contributed by atoms with E-state index in [-0.39, 0.29) is 16.2 Å². The minimum absolute atomic E-state index is 0.00279. The first-order valence-electron chi connectivity index (χ1n) is 9.90. The SMILES string of the molecule is O=C(Nc1ccc(C23C[C@H]4C[C@@H](CC(Cl)(C4)C2)C3)cc1)c1cc(Cl)cc(Cl)c1. The number of anilines is 1. The zero-order valence-corrected chi connectivity index (χ0v) is 17.7. The van der Waals surface area contributed by atoms with Gasteiger partial charge >= 0.3 is 0 Å². The second kappa shape index (κ2) is 6.65. The largest absolute Gasteiger partial charge is 0.322 e. The molecule has 4 saturated carbocycles.